The van der Waals surface area contributed by atoms with Crippen molar-refractivity contribution in [1.82, 2.24) is 0 Å². The molecule has 1 saturated heterocycles. The predicted octanol–water partition coefficient (Wildman–Crippen LogP) is 6.56. The largest absolute Gasteiger partial charge is 0.507 e. The number of amides is 1. The van der Waals surface area contributed by atoms with Crippen molar-refractivity contribution in [2.45, 2.75) is 53.7 Å². The van der Waals surface area contributed by atoms with E-state index < -0.39 is 17.7 Å². The number of rotatable bonds is 8. The number of carbonyl (C=O) groups excluding carboxylic acids is 2. The van der Waals surface area contributed by atoms with E-state index in [-0.39, 0.29) is 17.4 Å². The number of Topliss-reactive ketones (excluding diaryl/α,β-unsaturated/α-hetero) is 1. The zero-order chi connectivity index (χ0) is 27.6. The molecule has 1 heterocycles. The zero-order valence-corrected chi connectivity index (χ0v) is 23.0. The van der Waals surface area contributed by atoms with Gasteiger partial charge >= 0.3 is 0 Å². The molecular formula is C32H36N2O4. The topological polar surface area (TPSA) is 70.1 Å². The molecule has 0 aromatic heterocycles. The highest BCUT2D eigenvalue weighted by Gasteiger charge is 2.47. The molecule has 6 nitrogen and oxygen atoms in total. The van der Waals surface area contributed by atoms with E-state index in [9.17, 15) is 14.7 Å². The van der Waals surface area contributed by atoms with Gasteiger partial charge in [0.25, 0.3) is 11.7 Å². The molecule has 1 aliphatic rings. The minimum atomic E-state index is -0.782. The van der Waals surface area contributed by atoms with E-state index >= 15 is 0 Å². The van der Waals surface area contributed by atoms with Gasteiger partial charge in [-0.05, 0) is 88.6 Å². The predicted molar refractivity (Wildman–Crippen MR) is 153 cm³/mol. The summed E-state index contributed by atoms with van der Waals surface area (Å²) in [6, 6.07) is 19.8. The summed E-state index contributed by atoms with van der Waals surface area (Å²) in [6.07, 6.45) is -0.0495. The fourth-order valence-electron chi connectivity index (χ4n) is 4.99. The molecule has 3 aromatic rings. The van der Waals surface area contributed by atoms with Gasteiger partial charge in [-0.15, -0.1) is 0 Å². The maximum absolute atomic E-state index is 13.6. The van der Waals surface area contributed by atoms with E-state index in [1.807, 2.05) is 70.2 Å². The van der Waals surface area contributed by atoms with E-state index in [2.05, 4.69) is 18.7 Å². The van der Waals surface area contributed by atoms with Gasteiger partial charge < -0.3 is 14.7 Å². The van der Waals surface area contributed by atoms with Gasteiger partial charge in [-0.2, -0.15) is 0 Å². The van der Waals surface area contributed by atoms with Crippen LogP contribution in [0, 0.1) is 13.8 Å². The zero-order valence-electron chi connectivity index (χ0n) is 23.0. The van der Waals surface area contributed by atoms with E-state index in [1.165, 1.54) is 4.90 Å². The molecule has 0 radical (unpaired) electrons. The quantitative estimate of drug-likeness (QED) is 0.210. The first-order chi connectivity index (χ1) is 18.2. The number of aliphatic hydroxyl groups is 1. The fourth-order valence-corrected chi connectivity index (χ4v) is 4.99. The smallest absolute Gasteiger partial charge is 0.300 e. The van der Waals surface area contributed by atoms with Crippen molar-refractivity contribution in [3.8, 4) is 5.75 Å². The number of hydrogen-bond acceptors (Lipinski definition) is 5. The molecule has 1 unspecified atom stereocenters. The Labute approximate surface area is 225 Å². The maximum atomic E-state index is 13.6. The van der Waals surface area contributed by atoms with Crippen LogP contribution in [0.1, 0.15) is 56.0 Å². The van der Waals surface area contributed by atoms with Crippen LogP contribution in [-0.4, -0.2) is 36.0 Å². The van der Waals surface area contributed by atoms with E-state index in [4.69, 9.17) is 4.74 Å². The van der Waals surface area contributed by atoms with E-state index in [1.54, 1.807) is 24.3 Å². The van der Waals surface area contributed by atoms with Crippen LogP contribution >= 0.6 is 0 Å². The molecule has 1 amide bonds. The normalized spacial score (nSPS) is 16.8. The van der Waals surface area contributed by atoms with Gasteiger partial charge in [-0.3, -0.25) is 14.5 Å². The standard InChI is InChI=1S/C32H36N2O4/c1-7-33(8-2)25-17-15-23(16-18-25)29-28(30(35)24-12-10-13-26(19-24)38-20(3)4)31(36)32(37)34(29)27-14-9-11-21(5)22(27)6/h9-20,29,35H,7-8H2,1-6H3/b30-28+. The number of ketones is 1. The van der Waals surface area contributed by atoms with Gasteiger partial charge in [0.2, 0.25) is 0 Å². The highest BCUT2D eigenvalue weighted by atomic mass is 16.5. The second-order valence-corrected chi connectivity index (χ2v) is 9.85. The maximum Gasteiger partial charge on any atom is 0.300 e. The van der Waals surface area contributed by atoms with Gasteiger partial charge in [0.1, 0.15) is 11.5 Å². The molecule has 0 saturated carbocycles. The van der Waals surface area contributed by atoms with Crippen LogP contribution in [0.25, 0.3) is 5.76 Å². The first kappa shape index (κ1) is 27.0. The van der Waals surface area contributed by atoms with Crippen molar-refractivity contribution in [1.29, 1.82) is 0 Å². The first-order valence-electron chi connectivity index (χ1n) is 13.2. The Morgan fingerprint density at radius 1 is 0.974 bits per heavy atom. The SMILES string of the molecule is CCN(CC)c1ccc(C2/C(=C(\O)c3cccc(OC(C)C)c3)C(=O)C(=O)N2c2cccc(C)c2C)cc1. The lowest BCUT2D eigenvalue weighted by Crippen LogP contribution is -2.30. The molecule has 3 aromatic carbocycles. The summed E-state index contributed by atoms with van der Waals surface area (Å²) in [7, 11) is 0. The van der Waals surface area contributed by atoms with E-state index in [0.29, 0.717) is 17.0 Å². The average Bonchev–Trinajstić information content (AvgIpc) is 3.16. The summed E-state index contributed by atoms with van der Waals surface area (Å²) in [5.74, 6) is -1.01. The Kier molecular flexibility index (Phi) is 7.91. The molecule has 38 heavy (non-hydrogen) atoms. The number of ether oxygens (including phenoxy) is 1. The van der Waals surface area contributed by atoms with Crippen LogP contribution in [0.3, 0.4) is 0 Å². The lowest BCUT2D eigenvalue weighted by molar-refractivity contribution is -0.132. The Balaban J connectivity index is 1.91. The Bertz CT molecular complexity index is 1370. The van der Waals surface area contributed by atoms with Crippen LogP contribution in [-0.2, 0) is 9.59 Å². The monoisotopic (exact) mass is 512 g/mol. The van der Waals surface area contributed by atoms with Gasteiger partial charge in [-0.25, -0.2) is 0 Å². The Morgan fingerprint density at radius 3 is 2.26 bits per heavy atom. The molecule has 198 valence electrons. The molecule has 0 spiro atoms. The molecule has 0 aliphatic carbocycles. The van der Waals surface area contributed by atoms with Crippen molar-refractivity contribution >= 4 is 28.8 Å². The number of benzene rings is 3. The third kappa shape index (κ3) is 5.03. The molecule has 4 rings (SSSR count). The molecule has 1 fully saturated rings. The number of nitrogens with zero attached hydrogens (tertiary/aromatic N) is 2. The summed E-state index contributed by atoms with van der Waals surface area (Å²) in [5, 5.41) is 11.5. The van der Waals surface area contributed by atoms with Crippen LogP contribution in [0.4, 0.5) is 11.4 Å². The lowest BCUT2D eigenvalue weighted by atomic mass is 9.94. The van der Waals surface area contributed by atoms with Crippen LogP contribution < -0.4 is 14.5 Å². The van der Waals surface area contributed by atoms with Crippen molar-refractivity contribution in [3.63, 3.8) is 0 Å². The number of aliphatic hydroxyl groups excluding tert-OH is 1. The molecule has 0 bridgehead atoms. The molecular weight excluding hydrogens is 476 g/mol. The lowest BCUT2D eigenvalue weighted by Gasteiger charge is -2.28. The second-order valence-electron chi connectivity index (χ2n) is 9.85. The third-order valence-corrected chi connectivity index (χ3v) is 7.10. The minimum absolute atomic E-state index is 0.0495. The summed E-state index contributed by atoms with van der Waals surface area (Å²) in [5.41, 5.74) is 4.86. The Hall–Kier alpha value is -4.06. The van der Waals surface area contributed by atoms with Crippen molar-refractivity contribution in [2.24, 2.45) is 0 Å². The summed E-state index contributed by atoms with van der Waals surface area (Å²) in [6.45, 7) is 13.7. The Morgan fingerprint density at radius 2 is 1.63 bits per heavy atom. The second kappa shape index (κ2) is 11.1. The van der Waals surface area contributed by atoms with Gasteiger partial charge in [-0.1, -0.05) is 36.4 Å². The van der Waals surface area contributed by atoms with Crippen LogP contribution in [0.5, 0.6) is 5.75 Å². The number of anilines is 2. The highest BCUT2D eigenvalue weighted by Crippen LogP contribution is 2.44. The summed E-state index contributed by atoms with van der Waals surface area (Å²) in [4.78, 5) is 30.9. The van der Waals surface area contributed by atoms with Gasteiger partial charge in [0.15, 0.2) is 0 Å². The van der Waals surface area contributed by atoms with Gasteiger partial charge in [0.05, 0.1) is 17.7 Å². The average molecular weight is 513 g/mol. The number of aryl methyl sites for hydroxylation is 1. The van der Waals surface area contributed by atoms with E-state index in [0.717, 1.165) is 35.5 Å². The minimum Gasteiger partial charge on any atom is -0.507 e. The summed E-state index contributed by atoms with van der Waals surface area (Å²) < 4.78 is 5.80. The third-order valence-electron chi connectivity index (χ3n) is 7.10. The number of hydrogen-bond donors (Lipinski definition) is 1. The van der Waals surface area contributed by atoms with Crippen molar-refractivity contribution < 1.29 is 19.4 Å². The molecule has 1 aliphatic heterocycles. The molecule has 1 N–H and O–H groups in total. The van der Waals surface area contributed by atoms with Gasteiger partial charge in [0, 0.05) is 30.0 Å². The first-order valence-corrected chi connectivity index (χ1v) is 13.2. The van der Waals surface area contributed by atoms with Crippen LogP contribution in [0.2, 0.25) is 0 Å². The highest BCUT2D eigenvalue weighted by molar-refractivity contribution is 6.51. The number of carbonyl (C=O) groups is 2. The molecule has 6 heteroatoms. The van der Waals surface area contributed by atoms with Crippen molar-refractivity contribution in [3.05, 3.63) is 94.6 Å². The molecule has 1 atom stereocenters. The fraction of sp³-hybridized carbons (Fsp3) is 0.312. The van der Waals surface area contributed by atoms with Crippen molar-refractivity contribution in [2.75, 3.05) is 22.9 Å². The summed E-state index contributed by atoms with van der Waals surface area (Å²) >= 11 is 0. The van der Waals surface area contributed by atoms with Crippen LogP contribution in [0.15, 0.2) is 72.3 Å².